The Morgan fingerprint density at radius 2 is 2.00 bits per heavy atom. The summed E-state index contributed by atoms with van der Waals surface area (Å²) in [6.07, 6.45) is 4.51. The summed E-state index contributed by atoms with van der Waals surface area (Å²) >= 11 is 0. The first kappa shape index (κ1) is 13.7. The quantitative estimate of drug-likeness (QED) is 0.818. The van der Waals surface area contributed by atoms with Gasteiger partial charge in [0, 0.05) is 18.7 Å². The van der Waals surface area contributed by atoms with Crippen molar-refractivity contribution in [2.24, 2.45) is 5.14 Å². The van der Waals surface area contributed by atoms with Crippen LogP contribution in [0.3, 0.4) is 0 Å². The fourth-order valence-corrected chi connectivity index (χ4v) is 2.43. The fraction of sp³-hybridized carbons (Fsp3) is 0.250. The first-order chi connectivity index (χ1) is 8.88. The molecule has 0 fully saturated rings. The van der Waals surface area contributed by atoms with E-state index >= 15 is 0 Å². The monoisotopic (exact) mass is 284 g/mol. The predicted octanol–water partition coefficient (Wildman–Crippen LogP) is 0.875. The van der Waals surface area contributed by atoms with Gasteiger partial charge in [-0.15, -0.1) is 0 Å². The van der Waals surface area contributed by atoms with Gasteiger partial charge < -0.3 is 4.90 Å². The summed E-state index contributed by atoms with van der Waals surface area (Å²) in [4.78, 5) is 13.2. The summed E-state index contributed by atoms with van der Waals surface area (Å²) in [5.41, 5.74) is -0.0145. The van der Waals surface area contributed by atoms with Crippen molar-refractivity contribution in [2.45, 2.75) is 11.3 Å². The number of primary sulfonamides is 1. The van der Waals surface area contributed by atoms with Gasteiger partial charge in [0.15, 0.2) is 0 Å². The Morgan fingerprint density at radius 1 is 1.26 bits per heavy atom. The van der Waals surface area contributed by atoms with Crippen molar-refractivity contribution in [3.63, 3.8) is 0 Å². The lowest BCUT2D eigenvalue weighted by Crippen LogP contribution is -2.34. The number of amides is 1. The van der Waals surface area contributed by atoms with Crippen LogP contribution < -0.4 is 5.14 Å². The van der Waals surface area contributed by atoms with Crippen molar-refractivity contribution in [1.82, 2.24) is 4.90 Å². The minimum absolute atomic E-state index is 0.0145. The van der Waals surface area contributed by atoms with Gasteiger partial charge in [-0.3, -0.25) is 4.79 Å². The number of carbonyl (C=O) groups is 1. The Labute approximate surface area is 110 Å². The molecule has 102 valence electrons. The number of nitrogens with two attached hydrogens (primary N) is 1. The smallest absolute Gasteiger partial charge is 0.254 e. The molecule has 0 unspecified atom stereocenters. The Kier molecular flexibility index (Phi) is 3.68. The Bertz CT molecular complexity index is 640. The van der Waals surface area contributed by atoms with Crippen LogP contribution in [0.25, 0.3) is 0 Å². The van der Waals surface area contributed by atoms with Crippen LogP contribution >= 0.6 is 0 Å². The van der Waals surface area contributed by atoms with E-state index in [2.05, 4.69) is 0 Å². The minimum atomic E-state index is -4.04. The number of halogens is 1. The molecule has 0 saturated heterocycles. The van der Waals surface area contributed by atoms with Gasteiger partial charge in [-0.25, -0.2) is 17.9 Å². The van der Waals surface area contributed by atoms with Crippen molar-refractivity contribution in [2.75, 3.05) is 13.1 Å². The molecule has 1 aliphatic rings. The molecule has 0 aliphatic carbocycles. The fourth-order valence-electron chi connectivity index (χ4n) is 1.86. The lowest BCUT2D eigenvalue weighted by Gasteiger charge is -2.23. The molecule has 0 saturated carbocycles. The van der Waals surface area contributed by atoms with Crippen molar-refractivity contribution in [3.05, 3.63) is 41.7 Å². The minimum Gasteiger partial charge on any atom is -0.335 e. The van der Waals surface area contributed by atoms with Gasteiger partial charge in [-0.2, -0.15) is 0 Å². The molecule has 1 amide bonds. The van der Waals surface area contributed by atoms with Crippen molar-refractivity contribution >= 4 is 15.9 Å². The van der Waals surface area contributed by atoms with Crippen LogP contribution in [-0.4, -0.2) is 32.3 Å². The van der Waals surface area contributed by atoms with Gasteiger partial charge in [-0.05, 0) is 24.6 Å². The molecule has 5 nitrogen and oxygen atoms in total. The average molecular weight is 284 g/mol. The van der Waals surface area contributed by atoms with Crippen LogP contribution in [0.4, 0.5) is 4.39 Å². The summed E-state index contributed by atoms with van der Waals surface area (Å²) in [5, 5.41) is 4.94. The Morgan fingerprint density at radius 3 is 2.58 bits per heavy atom. The summed E-state index contributed by atoms with van der Waals surface area (Å²) in [6.45, 7) is 0.955. The van der Waals surface area contributed by atoms with Crippen molar-refractivity contribution < 1.29 is 17.6 Å². The molecular formula is C12H13FN2O3S. The van der Waals surface area contributed by atoms with Gasteiger partial charge in [0.25, 0.3) is 5.91 Å². The molecule has 1 aliphatic heterocycles. The number of benzene rings is 1. The number of hydrogen-bond acceptors (Lipinski definition) is 3. The van der Waals surface area contributed by atoms with Crippen LogP contribution in [0.5, 0.6) is 0 Å². The van der Waals surface area contributed by atoms with Gasteiger partial charge >= 0.3 is 0 Å². The zero-order valence-electron chi connectivity index (χ0n) is 10.0. The molecule has 0 spiro atoms. The lowest BCUT2D eigenvalue weighted by atomic mass is 10.1. The standard InChI is InChI=1S/C12H13FN2O3S/c13-10-6-9(7-11(8-10)19(14,17)18)12(16)15-4-2-1-3-5-15/h1-2,6-8H,3-5H2,(H2,14,17,18). The largest absolute Gasteiger partial charge is 0.335 e. The zero-order valence-corrected chi connectivity index (χ0v) is 10.9. The molecule has 1 aromatic rings. The summed E-state index contributed by atoms with van der Waals surface area (Å²) in [6, 6.07) is 2.90. The van der Waals surface area contributed by atoms with E-state index in [1.165, 1.54) is 4.90 Å². The molecule has 0 radical (unpaired) electrons. The van der Waals surface area contributed by atoms with Crippen molar-refractivity contribution in [1.29, 1.82) is 0 Å². The second kappa shape index (κ2) is 5.10. The van der Waals surface area contributed by atoms with Gasteiger partial charge in [0.2, 0.25) is 10.0 Å². The molecule has 7 heteroatoms. The van der Waals surface area contributed by atoms with E-state index in [1.807, 2.05) is 12.2 Å². The SMILES string of the molecule is NS(=O)(=O)c1cc(F)cc(C(=O)N2CC=CCC2)c1. The van der Waals surface area contributed by atoms with Crippen LogP contribution in [0.2, 0.25) is 0 Å². The van der Waals surface area contributed by atoms with Gasteiger partial charge in [0.05, 0.1) is 4.90 Å². The molecule has 19 heavy (non-hydrogen) atoms. The van der Waals surface area contributed by atoms with E-state index in [-0.39, 0.29) is 5.56 Å². The van der Waals surface area contributed by atoms with Crippen LogP contribution in [0, 0.1) is 5.82 Å². The third-order valence-corrected chi connectivity index (χ3v) is 3.68. The molecular weight excluding hydrogens is 271 g/mol. The third kappa shape index (κ3) is 3.18. The lowest BCUT2D eigenvalue weighted by molar-refractivity contribution is 0.0770. The average Bonchev–Trinajstić information content (AvgIpc) is 2.37. The molecule has 1 heterocycles. The molecule has 0 aromatic heterocycles. The maximum Gasteiger partial charge on any atom is 0.254 e. The maximum absolute atomic E-state index is 13.4. The second-order valence-electron chi connectivity index (χ2n) is 4.23. The normalized spacial score (nSPS) is 15.6. The highest BCUT2D eigenvalue weighted by Crippen LogP contribution is 2.16. The Balaban J connectivity index is 2.37. The van der Waals surface area contributed by atoms with Crippen LogP contribution in [0.15, 0.2) is 35.2 Å². The highest BCUT2D eigenvalue weighted by Gasteiger charge is 2.19. The molecule has 0 atom stereocenters. The summed E-state index contributed by atoms with van der Waals surface area (Å²) in [5.74, 6) is -1.21. The first-order valence-corrected chi connectivity index (χ1v) is 7.20. The molecule has 2 rings (SSSR count). The van der Waals surface area contributed by atoms with E-state index in [1.54, 1.807) is 0 Å². The zero-order chi connectivity index (χ0) is 14.0. The van der Waals surface area contributed by atoms with Gasteiger partial charge in [-0.1, -0.05) is 12.2 Å². The van der Waals surface area contributed by atoms with E-state index in [0.29, 0.717) is 13.1 Å². The number of sulfonamides is 1. The highest BCUT2D eigenvalue weighted by atomic mass is 32.2. The third-order valence-electron chi connectivity index (χ3n) is 2.79. The second-order valence-corrected chi connectivity index (χ2v) is 5.79. The van der Waals surface area contributed by atoms with E-state index in [4.69, 9.17) is 5.14 Å². The Hall–Kier alpha value is -1.73. The number of carbonyl (C=O) groups excluding carboxylic acids is 1. The number of hydrogen-bond donors (Lipinski definition) is 1. The number of rotatable bonds is 2. The number of nitrogens with zero attached hydrogens (tertiary/aromatic N) is 1. The van der Waals surface area contributed by atoms with E-state index < -0.39 is 26.6 Å². The van der Waals surface area contributed by atoms with Gasteiger partial charge in [0.1, 0.15) is 5.82 Å². The predicted molar refractivity (Wildman–Crippen MR) is 67.4 cm³/mol. The van der Waals surface area contributed by atoms with E-state index in [9.17, 15) is 17.6 Å². The first-order valence-electron chi connectivity index (χ1n) is 5.65. The molecule has 1 aromatic carbocycles. The highest BCUT2D eigenvalue weighted by molar-refractivity contribution is 7.89. The van der Waals surface area contributed by atoms with Crippen molar-refractivity contribution in [3.8, 4) is 0 Å². The van der Waals surface area contributed by atoms with Crippen LogP contribution in [-0.2, 0) is 10.0 Å². The van der Waals surface area contributed by atoms with E-state index in [0.717, 1.165) is 24.6 Å². The molecule has 2 N–H and O–H groups in total. The van der Waals surface area contributed by atoms with Crippen LogP contribution in [0.1, 0.15) is 16.8 Å². The maximum atomic E-state index is 13.4. The topological polar surface area (TPSA) is 80.5 Å². The summed E-state index contributed by atoms with van der Waals surface area (Å²) in [7, 11) is -4.04. The summed E-state index contributed by atoms with van der Waals surface area (Å²) < 4.78 is 35.8. The molecule has 0 bridgehead atoms.